The van der Waals surface area contributed by atoms with Gasteiger partial charge in [0, 0.05) is 23.1 Å². The van der Waals surface area contributed by atoms with Crippen molar-refractivity contribution in [2.24, 2.45) is 5.92 Å². The van der Waals surface area contributed by atoms with Crippen molar-refractivity contribution >= 4 is 28.7 Å². The first-order chi connectivity index (χ1) is 15.5. The van der Waals surface area contributed by atoms with Gasteiger partial charge in [-0.25, -0.2) is 4.79 Å². The number of carbonyl (C=O) groups excluding carboxylic acids is 1. The van der Waals surface area contributed by atoms with Crippen LogP contribution in [0.15, 0.2) is 51.7 Å². The number of halogens is 1. The summed E-state index contributed by atoms with van der Waals surface area (Å²) in [6.45, 7) is 9.18. The summed E-state index contributed by atoms with van der Waals surface area (Å²) < 4.78 is 11.7. The fourth-order valence-corrected chi connectivity index (χ4v) is 3.73. The van der Waals surface area contributed by atoms with Crippen molar-refractivity contribution in [3.8, 4) is 6.07 Å². The molecule has 33 heavy (non-hydrogen) atoms. The van der Waals surface area contributed by atoms with Crippen molar-refractivity contribution < 1.29 is 13.9 Å². The minimum Gasteiger partial charge on any atom is -0.458 e. The Morgan fingerprint density at radius 2 is 1.94 bits per heavy atom. The van der Waals surface area contributed by atoms with Crippen LogP contribution < -0.4 is 10.7 Å². The number of nitrogens with one attached hydrogen (secondary N) is 1. The van der Waals surface area contributed by atoms with Crippen LogP contribution in [0.3, 0.4) is 0 Å². The van der Waals surface area contributed by atoms with Gasteiger partial charge in [0.1, 0.15) is 16.9 Å². The molecule has 1 aromatic heterocycles. The lowest BCUT2D eigenvalue weighted by molar-refractivity contribution is 0.0481. The topological polar surface area (TPSA) is 92.3 Å². The molecule has 0 aliphatic rings. The maximum atomic E-state index is 13.5. The lowest BCUT2D eigenvalue weighted by Crippen LogP contribution is -2.37. The number of ether oxygens (including phenoxy) is 1. The van der Waals surface area contributed by atoms with Crippen LogP contribution in [0.5, 0.6) is 0 Å². The molecule has 0 saturated heterocycles. The number of carbonyl (C=O) groups is 1. The predicted molar refractivity (Wildman–Crippen MR) is 128 cm³/mol. The number of alkyl carbamates (subject to hydrolysis) is 1. The molecule has 0 saturated carbocycles. The van der Waals surface area contributed by atoms with E-state index in [9.17, 15) is 14.9 Å². The first-order valence-electron chi connectivity index (χ1n) is 10.7. The third kappa shape index (κ3) is 5.94. The van der Waals surface area contributed by atoms with Gasteiger partial charge in [0.25, 0.3) is 0 Å². The molecule has 0 spiro atoms. The molecular weight excluding hydrogens is 440 g/mol. The molecule has 0 aliphatic heterocycles. The summed E-state index contributed by atoms with van der Waals surface area (Å²) in [5.41, 5.74) is 1.16. The second kappa shape index (κ2) is 9.68. The highest BCUT2D eigenvalue weighted by molar-refractivity contribution is 6.31. The Balaban J connectivity index is 2.17. The third-order valence-electron chi connectivity index (χ3n) is 5.04. The molecule has 7 heteroatoms. The van der Waals surface area contributed by atoms with Gasteiger partial charge in [-0.15, -0.1) is 0 Å². The summed E-state index contributed by atoms with van der Waals surface area (Å²) in [5, 5.41) is 13.0. The van der Waals surface area contributed by atoms with Gasteiger partial charge in [-0.1, -0.05) is 37.6 Å². The molecule has 0 bridgehead atoms. The molecule has 172 valence electrons. The van der Waals surface area contributed by atoms with Gasteiger partial charge in [-0.2, -0.15) is 5.26 Å². The van der Waals surface area contributed by atoms with Crippen LogP contribution in [0.1, 0.15) is 63.1 Å². The van der Waals surface area contributed by atoms with Crippen LogP contribution in [0, 0.1) is 17.2 Å². The van der Waals surface area contributed by atoms with Gasteiger partial charge in [-0.3, -0.25) is 4.79 Å². The number of fused-ring (bicyclic) bond motifs is 1. The minimum absolute atomic E-state index is 0.110. The molecule has 1 atom stereocenters. The highest BCUT2D eigenvalue weighted by Crippen LogP contribution is 2.30. The molecule has 3 rings (SSSR count). The second-order valence-electron chi connectivity index (χ2n) is 9.27. The van der Waals surface area contributed by atoms with Crippen LogP contribution >= 0.6 is 11.6 Å². The summed E-state index contributed by atoms with van der Waals surface area (Å²) in [5.74, 6) is 0.236. The van der Waals surface area contributed by atoms with E-state index in [0.29, 0.717) is 32.9 Å². The largest absolute Gasteiger partial charge is 0.458 e. The number of nitriles is 1. The molecule has 2 aromatic carbocycles. The normalized spacial score (nSPS) is 12.4. The Kier molecular flexibility index (Phi) is 7.14. The Hall–Kier alpha value is -3.30. The van der Waals surface area contributed by atoms with Crippen molar-refractivity contribution in [2.75, 3.05) is 0 Å². The van der Waals surface area contributed by atoms with Crippen LogP contribution in [-0.2, 0) is 11.2 Å². The minimum atomic E-state index is -0.677. The van der Waals surface area contributed by atoms with Crippen molar-refractivity contribution in [3.05, 3.63) is 80.2 Å². The highest BCUT2D eigenvalue weighted by atomic mass is 35.5. The monoisotopic (exact) mass is 466 g/mol. The first kappa shape index (κ1) is 24.3. The van der Waals surface area contributed by atoms with Crippen LogP contribution in [0.25, 0.3) is 11.0 Å². The molecule has 0 aliphatic carbocycles. The number of amides is 1. The highest BCUT2D eigenvalue weighted by Gasteiger charge is 2.29. The van der Waals surface area contributed by atoms with Gasteiger partial charge >= 0.3 is 6.09 Å². The van der Waals surface area contributed by atoms with Crippen LogP contribution in [-0.4, -0.2) is 11.7 Å². The molecule has 1 amide bonds. The van der Waals surface area contributed by atoms with E-state index in [2.05, 4.69) is 11.4 Å². The zero-order valence-corrected chi connectivity index (χ0v) is 20.1. The number of benzene rings is 2. The van der Waals surface area contributed by atoms with E-state index in [0.717, 1.165) is 5.56 Å². The average Bonchev–Trinajstić information content (AvgIpc) is 2.72. The SMILES string of the molecule is CC(C)C(NC(=O)OC(C)(C)C)c1oc2cc(Cl)ccc2c(=O)c1Cc1cccc(C#N)c1. The van der Waals surface area contributed by atoms with Crippen molar-refractivity contribution in [1.82, 2.24) is 5.32 Å². The van der Waals surface area contributed by atoms with Gasteiger partial charge in [-0.05, 0) is 56.5 Å². The number of hydrogen-bond donors (Lipinski definition) is 1. The number of hydrogen-bond acceptors (Lipinski definition) is 5. The van der Waals surface area contributed by atoms with Gasteiger partial charge in [0.05, 0.1) is 23.1 Å². The van der Waals surface area contributed by atoms with Crippen LogP contribution in [0.2, 0.25) is 5.02 Å². The summed E-state index contributed by atoms with van der Waals surface area (Å²) in [6, 6.07) is 13.4. The molecule has 3 aromatic rings. The Morgan fingerprint density at radius 1 is 1.21 bits per heavy atom. The van der Waals surface area contributed by atoms with E-state index < -0.39 is 17.7 Å². The number of nitrogens with zero attached hydrogens (tertiary/aromatic N) is 1. The van der Waals surface area contributed by atoms with E-state index in [1.54, 1.807) is 57.2 Å². The Labute approximate surface area is 198 Å². The van der Waals surface area contributed by atoms with Crippen LogP contribution in [0.4, 0.5) is 4.79 Å². The predicted octanol–water partition coefficient (Wildman–Crippen LogP) is 6.13. The van der Waals surface area contributed by atoms with Crippen molar-refractivity contribution in [3.63, 3.8) is 0 Å². The van der Waals surface area contributed by atoms with E-state index >= 15 is 0 Å². The van der Waals surface area contributed by atoms with Crippen molar-refractivity contribution in [2.45, 2.75) is 52.7 Å². The standard InChI is InChI=1S/C26H27ClN2O4/c1-15(2)22(29-25(31)33-26(3,4)5)24-20(12-16-7-6-8-17(11-16)14-28)23(30)19-10-9-18(27)13-21(19)32-24/h6-11,13,15,22H,12H2,1-5H3,(H,29,31). The van der Waals surface area contributed by atoms with Gasteiger partial charge < -0.3 is 14.5 Å². The molecular formula is C26H27ClN2O4. The summed E-state index contributed by atoms with van der Waals surface area (Å²) in [7, 11) is 0. The van der Waals surface area contributed by atoms with Gasteiger partial charge in [0.2, 0.25) is 0 Å². The smallest absolute Gasteiger partial charge is 0.408 e. The third-order valence-corrected chi connectivity index (χ3v) is 5.27. The zero-order valence-electron chi connectivity index (χ0n) is 19.4. The second-order valence-corrected chi connectivity index (χ2v) is 9.71. The zero-order chi connectivity index (χ0) is 24.3. The average molecular weight is 467 g/mol. The van der Waals surface area contributed by atoms with Gasteiger partial charge in [0.15, 0.2) is 5.43 Å². The van der Waals surface area contributed by atoms with E-state index in [4.69, 9.17) is 20.8 Å². The fourth-order valence-electron chi connectivity index (χ4n) is 3.57. The van der Waals surface area contributed by atoms with Crippen molar-refractivity contribution in [1.29, 1.82) is 5.26 Å². The molecule has 1 N–H and O–H groups in total. The number of rotatable bonds is 5. The lowest BCUT2D eigenvalue weighted by atomic mass is 9.93. The van der Waals surface area contributed by atoms with E-state index in [1.807, 2.05) is 19.9 Å². The molecule has 0 radical (unpaired) electrons. The summed E-state index contributed by atoms with van der Waals surface area (Å²) in [6.07, 6.45) is -0.363. The lowest BCUT2D eigenvalue weighted by Gasteiger charge is -2.26. The maximum absolute atomic E-state index is 13.5. The Bertz CT molecular complexity index is 1280. The fraction of sp³-hybridized carbons (Fsp3) is 0.346. The molecule has 1 unspecified atom stereocenters. The first-order valence-corrected chi connectivity index (χ1v) is 11.1. The van der Waals surface area contributed by atoms with E-state index in [1.165, 1.54) is 0 Å². The summed E-state index contributed by atoms with van der Waals surface area (Å²) >= 11 is 6.14. The van der Waals surface area contributed by atoms with E-state index in [-0.39, 0.29) is 17.8 Å². The molecule has 1 heterocycles. The maximum Gasteiger partial charge on any atom is 0.408 e. The summed E-state index contributed by atoms with van der Waals surface area (Å²) in [4.78, 5) is 26.1. The Morgan fingerprint density at radius 3 is 2.58 bits per heavy atom. The molecule has 0 fully saturated rings. The molecule has 6 nitrogen and oxygen atoms in total. The quantitative estimate of drug-likeness (QED) is 0.488.